The van der Waals surface area contributed by atoms with Crippen molar-refractivity contribution in [3.8, 4) is 0 Å². The van der Waals surface area contributed by atoms with Crippen LogP contribution >= 0.6 is 28.3 Å². The lowest BCUT2D eigenvalue weighted by molar-refractivity contribution is -0.131. The van der Waals surface area contributed by atoms with Crippen LogP contribution in [-0.4, -0.2) is 23.9 Å². The highest BCUT2D eigenvalue weighted by atomic mass is 79.9. The van der Waals surface area contributed by atoms with Gasteiger partial charge in [0.2, 0.25) is 5.91 Å². The monoisotopic (exact) mass is 360 g/mol. The van der Waals surface area contributed by atoms with Crippen molar-refractivity contribution in [2.24, 2.45) is 11.7 Å². The molecule has 1 fully saturated rings. The molecule has 0 heterocycles. The van der Waals surface area contributed by atoms with Crippen LogP contribution in [0.5, 0.6) is 0 Å². The molecule has 0 aliphatic heterocycles. The van der Waals surface area contributed by atoms with E-state index in [-0.39, 0.29) is 24.4 Å². The van der Waals surface area contributed by atoms with E-state index in [1.165, 1.54) is 0 Å². The van der Waals surface area contributed by atoms with Crippen LogP contribution < -0.4 is 5.73 Å². The normalized spacial score (nSPS) is 21.4. The highest BCUT2D eigenvalue weighted by molar-refractivity contribution is 9.10. The molecule has 1 aromatic carbocycles. The van der Waals surface area contributed by atoms with Gasteiger partial charge >= 0.3 is 0 Å². The lowest BCUT2D eigenvalue weighted by Crippen LogP contribution is -2.32. The van der Waals surface area contributed by atoms with Crippen molar-refractivity contribution in [2.75, 3.05) is 7.05 Å². The standard InChI is InChI=1S/C15H21BrN2O.ClH/c1-18(10-12-5-2-3-7-13(12)16)15(19)9-11-6-4-8-14(11)17;/h2-3,5,7,11,14H,4,6,8-10,17H2,1H3;1H/t11-,14+;/m0./s1. The summed E-state index contributed by atoms with van der Waals surface area (Å²) in [5, 5.41) is 0. The van der Waals surface area contributed by atoms with E-state index in [0.29, 0.717) is 18.9 Å². The number of carbonyl (C=O) groups excluding carboxylic acids is 1. The Balaban J connectivity index is 0.00000200. The molecule has 2 atom stereocenters. The van der Waals surface area contributed by atoms with E-state index in [1.54, 1.807) is 4.90 Å². The zero-order valence-corrected chi connectivity index (χ0v) is 14.1. The molecular weight excluding hydrogens is 340 g/mol. The van der Waals surface area contributed by atoms with Gasteiger partial charge < -0.3 is 10.6 Å². The van der Waals surface area contributed by atoms with Crippen molar-refractivity contribution in [1.29, 1.82) is 0 Å². The summed E-state index contributed by atoms with van der Waals surface area (Å²) in [5.74, 6) is 0.562. The molecule has 2 N–H and O–H groups in total. The third-order valence-electron chi connectivity index (χ3n) is 3.95. The molecule has 0 spiro atoms. The lowest BCUT2D eigenvalue weighted by Gasteiger charge is -2.21. The molecule has 1 aliphatic rings. The van der Waals surface area contributed by atoms with E-state index >= 15 is 0 Å². The van der Waals surface area contributed by atoms with Gasteiger partial charge in [-0.15, -0.1) is 12.4 Å². The average molecular weight is 362 g/mol. The number of benzene rings is 1. The average Bonchev–Trinajstić information content (AvgIpc) is 2.78. The number of nitrogens with zero attached hydrogens (tertiary/aromatic N) is 1. The van der Waals surface area contributed by atoms with Crippen molar-refractivity contribution in [1.82, 2.24) is 4.90 Å². The zero-order chi connectivity index (χ0) is 13.8. The van der Waals surface area contributed by atoms with E-state index in [2.05, 4.69) is 15.9 Å². The SMILES string of the molecule is CN(Cc1ccccc1Br)C(=O)C[C@@H]1CCC[C@H]1N.Cl. The lowest BCUT2D eigenvalue weighted by atomic mass is 9.99. The third-order valence-corrected chi connectivity index (χ3v) is 4.72. The van der Waals surface area contributed by atoms with Gasteiger partial charge in [-0.05, 0) is 30.4 Å². The van der Waals surface area contributed by atoms with Gasteiger partial charge in [-0.25, -0.2) is 0 Å². The van der Waals surface area contributed by atoms with Crippen LogP contribution in [0.1, 0.15) is 31.2 Å². The molecule has 1 aliphatic carbocycles. The predicted octanol–water partition coefficient (Wildman–Crippen LogP) is 3.35. The van der Waals surface area contributed by atoms with E-state index < -0.39 is 0 Å². The molecule has 5 heteroatoms. The Bertz CT molecular complexity index is 455. The Morgan fingerprint density at radius 3 is 2.70 bits per heavy atom. The maximum absolute atomic E-state index is 12.2. The number of hydrogen-bond acceptors (Lipinski definition) is 2. The van der Waals surface area contributed by atoms with E-state index in [9.17, 15) is 4.79 Å². The minimum absolute atomic E-state index is 0. The Morgan fingerprint density at radius 1 is 1.40 bits per heavy atom. The van der Waals surface area contributed by atoms with Crippen molar-refractivity contribution < 1.29 is 4.79 Å². The fourth-order valence-electron chi connectivity index (χ4n) is 2.67. The molecule has 2 rings (SSSR count). The van der Waals surface area contributed by atoms with Crippen molar-refractivity contribution in [2.45, 2.75) is 38.3 Å². The van der Waals surface area contributed by atoms with Crippen molar-refractivity contribution in [3.63, 3.8) is 0 Å². The van der Waals surface area contributed by atoms with Crippen LogP contribution in [0.4, 0.5) is 0 Å². The largest absolute Gasteiger partial charge is 0.341 e. The van der Waals surface area contributed by atoms with Crippen LogP contribution in [0.2, 0.25) is 0 Å². The van der Waals surface area contributed by atoms with E-state index in [0.717, 1.165) is 29.3 Å². The number of hydrogen-bond donors (Lipinski definition) is 1. The fraction of sp³-hybridized carbons (Fsp3) is 0.533. The molecule has 0 bridgehead atoms. The summed E-state index contributed by atoms with van der Waals surface area (Å²) in [6.07, 6.45) is 3.90. The molecule has 3 nitrogen and oxygen atoms in total. The maximum Gasteiger partial charge on any atom is 0.222 e. The van der Waals surface area contributed by atoms with Gasteiger partial charge in [0.25, 0.3) is 0 Å². The van der Waals surface area contributed by atoms with Crippen LogP contribution in [0.15, 0.2) is 28.7 Å². The molecule has 1 saturated carbocycles. The quantitative estimate of drug-likeness (QED) is 0.894. The molecular formula is C15H22BrClN2O. The molecule has 0 unspecified atom stereocenters. The van der Waals surface area contributed by atoms with Gasteiger partial charge in [0, 0.05) is 30.5 Å². The second kappa shape index (κ2) is 8.01. The number of halogens is 2. The summed E-state index contributed by atoms with van der Waals surface area (Å²) in [6.45, 7) is 0.641. The predicted molar refractivity (Wildman–Crippen MR) is 87.8 cm³/mol. The highest BCUT2D eigenvalue weighted by Crippen LogP contribution is 2.27. The Hall–Kier alpha value is -0.580. The summed E-state index contributed by atoms with van der Waals surface area (Å²) in [4.78, 5) is 14.0. The minimum atomic E-state index is 0. The van der Waals surface area contributed by atoms with Crippen LogP contribution in [0.25, 0.3) is 0 Å². The third kappa shape index (κ3) is 4.47. The van der Waals surface area contributed by atoms with Crippen LogP contribution in [0, 0.1) is 5.92 Å². The van der Waals surface area contributed by atoms with Gasteiger partial charge in [-0.1, -0.05) is 40.5 Å². The van der Waals surface area contributed by atoms with Gasteiger partial charge in [0.15, 0.2) is 0 Å². The second-order valence-corrected chi connectivity index (χ2v) is 6.25. The number of carbonyl (C=O) groups is 1. The van der Waals surface area contributed by atoms with E-state index in [1.807, 2.05) is 31.3 Å². The molecule has 0 aromatic heterocycles. The molecule has 0 saturated heterocycles. The molecule has 1 amide bonds. The first kappa shape index (κ1) is 17.5. The van der Waals surface area contributed by atoms with Crippen molar-refractivity contribution in [3.05, 3.63) is 34.3 Å². The van der Waals surface area contributed by atoms with Gasteiger partial charge in [0.1, 0.15) is 0 Å². The zero-order valence-electron chi connectivity index (χ0n) is 11.7. The smallest absolute Gasteiger partial charge is 0.222 e. The summed E-state index contributed by atoms with van der Waals surface area (Å²) in [7, 11) is 1.86. The van der Waals surface area contributed by atoms with Gasteiger partial charge in [0.05, 0.1) is 0 Å². The summed E-state index contributed by atoms with van der Waals surface area (Å²) >= 11 is 3.51. The Kier molecular flexibility index (Phi) is 7.00. The van der Waals surface area contributed by atoms with Crippen LogP contribution in [0.3, 0.4) is 0 Å². The summed E-state index contributed by atoms with van der Waals surface area (Å²) in [6, 6.07) is 8.22. The summed E-state index contributed by atoms with van der Waals surface area (Å²) < 4.78 is 1.05. The first-order chi connectivity index (χ1) is 9.08. The molecule has 0 radical (unpaired) electrons. The topological polar surface area (TPSA) is 46.3 Å². The minimum Gasteiger partial charge on any atom is -0.341 e. The first-order valence-electron chi connectivity index (χ1n) is 6.81. The van der Waals surface area contributed by atoms with Crippen LogP contribution in [-0.2, 0) is 11.3 Å². The molecule has 112 valence electrons. The maximum atomic E-state index is 12.2. The Morgan fingerprint density at radius 2 is 2.10 bits per heavy atom. The number of nitrogens with two attached hydrogens (primary N) is 1. The van der Waals surface area contributed by atoms with Crippen molar-refractivity contribution >= 4 is 34.2 Å². The van der Waals surface area contributed by atoms with Gasteiger partial charge in [-0.2, -0.15) is 0 Å². The first-order valence-corrected chi connectivity index (χ1v) is 7.60. The summed E-state index contributed by atoms with van der Waals surface area (Å²) in [5.41, 5.74) is 7.16. The van der Waals surface area contributed by atoms with Gasteiger partial charge in [-0.3, -0.25) is 4.79 Å². The molecule has 20 heavy (non-hydrogen) atoms. The van der Waals surface area contributed by atoms with E-state index in [4.69, 9.17) is 5.73 Å². The second-order valence-electron chi connectivity index (χ2n) is 5.40. The number of rotatable bonds is 4. The fourth-order valence-corrected chi connectivity index (χ4v) is 3.08. The Labute approximate surface area is 135 Å². The number of amides is 1. The highest BCUT2D eigenvalue weighted by Gasteiger charge is 2.27. The molecule has 1 aromatic rings.